The maximum absolute atomic E-state index is 11.4. The van der Waals surface area contributed by atoms with E-state index in [-0.39, 0.29) is 11.7 Å². The van der Waals surface area contributed by atoms with Crippen molar-refractivity contribution >= 4 is 9.84 Å². The van der Waals surface area contributed by atoms with Gasteiger partial charge in [-0.3, -0.25) is 0 Å². The van der Waals surface area contributed by atoms with Crippen LogP contribution in [0.3, 0.4) is 0 Å². The van der Waals surface area contributed by atoms with Crippen LogP contribution in [0.15, 0.2) is 18.3 Å². The lowest BCUT2D eigenvalue weighted by atomic mass is 10.0. The highest BCUT2D eigenvalue weighted by Crippen LogP contribution is 2.26. The first kappa shape index (κ1) is 9.58. The molecule has 4 nitrogen and oxygen atoms in total. The highest BCUT2D eigenvalue weighted by Gasteiger charge is 2.26. The average Bonchev–Trinajstić information content (AvgIpc) is 2.18. The Morgan fingerprint density at radius 1 is 1.43 bits per heavy atom. The van der Waals surface area contributed by atoms with Crippen molar-refractivity contribution in [3.05, 3.63) is 24.0 Å². The molecule has 2 rings (SSSR count). The Bertz CT molecular complexity index is 402. The van der Waals surface area contributed by atoms with E-state index in [1.54, 1.807) is 12.3 Å². The normalized spacial score (nSPS) is 25.9. The van der Waals surface area contributed by atoms with Gasteiger partial charge in [-0.2, -0.15) is 10.2 Å². The second kappa shape index (κ2) is 3.65. The van der Waals surface area contributed by atoms with E-state index in [9.17, 15) is 8.42 Å². The number of sulfone groups is 1. The van der Waals surface area contributed by atoms with Gasteiger partial charge in [-0.05, 0) is 25.0 Å². The summed E-state index contributed by atoms with van der Waals surface area (Å²) < 4.78 is 22.8. The lowest BCUT2D eigenvalue weighted by Gasteiger charge is -2.20. The molecule has 1 aliphatic rings. The SMILES string of the molecule is O=S1(=O)CCCC(c2cccnn2)C1. The molecule has 1 aromatic heterocycles. The zero-order chi connectivity index (χ0) is 10.0. The average molecular weight is 212 g/mol. The molecule has 76 valence electrons. The molecule has 14 heavy (non-hydrogen) atoms. The van der Waals surface area contributed by atoms with Crippen LogP contribution in [-0.4, -0.2) is 30.1 Å². The van der Waals surface area contributed by atoms with Gasteiger partial charge in [0.25, 0.3) is 0 Å². The zero-order valence-electron chi connectivity index (χ0n) is 7.76. The lowest BCUT2D eigenvalue weighted by Crippen LogP contribution is -2.24. The zero-order valence-corrected chi connectivity index (χ0v) is 8.57. The summed E-state index contributed by atoms with van der Waals surface area (Å²) in [5, 5.41) is 7.72. The molecule has 0 spiro atoms. The Balaban J connectivity index is 2.21. The van der Waals surface area contributed by atoms with Crippen molar-refractivity contribution in [2.45, 2.75) is 18.8 Å². The first-order valence-corrected chi connectivity index (χ1v) is 6.47. The maximum atomic E-state index is 11.4. The van der Waals surface area contributed by atoms with E-state index >= 15 is 0 Å². The highest BCUT2D eigenvalue weighted by molar-refractivity contribution is 7.91. The molecular formula is C9H12N2O2S. The smallest absolute Gasteiger partial charge is 0.150 e. The van der Waals surface area contributed by atoms with Gasteiger partial charge in [0.1, 0.15) is 0 Å². The van der Waals surface area contributed by atoms with Crippen LogP contribution in [-0.2, 0) is 9.84 Å². The summed E-state index contributed by atoms with van der Waals surface area (Å²) in [6.45, 7) is 0. The van der Waals surface area contributed by atoms with Crippen LogP contribution < -0.4 is 0 Å². The first-order valence-electron chi connectivity index (χ1n) is 4.65. The van der Waals surface area contributed by atoms with E-state index in [0.29, 0.717) is 5.75 Å². The Labute approximate surface area is 83.3 Å². The van der Waals surface area contributed by atoms with Gasteiger partial charge in [-0.25, -0.2) is 8.42 Å². The maximum Gasteiger partial charge on any atom is 0.150 e. The summed E-state index contributed by atoms with van der Waals surface area (Å²) >= 11 is 0. The molecule has 0 aromatic carbocycles. The molecule has 1 aromatic rings. The van der Waals surface area contributed by atoms with Crippen molar-refractivity contribution in [3.63, 3.8) is 0 Å². The number of nitrogens with zero attached hydrogens (tertiary/aromatic N) is 2. The molecule has 2 heterocycles. The minimum atomic E-state index is -2.85. The van der Waals surface area contributed by atoms with Crippen molar-refractivity contribution in [2.75, 3.05) is 11.5 Å². The molecule has 1 aliphatic heterocycles. The van der Waals surface area contributed by atoms with Crippen molar-refractivity contribution < 1.29 is 8.42 Å². The van der Waals surface area contributed by atoms with Gasteiger partial charge in [-0.1, -0.05) is 0 Å². The van der Waals surface area contributed by atoms with E-state index in [1.165, 1.54) is 0 Å². The number of hydrogen-bond donors (Lipinski definition) is 0. The third-order valence-corrected chi connectivity index (χ3v) is 4.30. The molecule has 0 saturated carbocycles. The molecule has 5 heteroatoms. The Kier molecular flexibility index (Phi) is 2.50. The number of hydrogen-bond acceptors (Lipinski definition) is 4. The van der Waals surface area contributed by atoms with E-state index in [0.717, 1.165) is 18.5 Å². The van der Waals surface area contributed by atoms with Crippen molar-refractivity contribution in [3.8, 4) is 0 Å². The summed E-state index contributed by atoms with van der Waals surface area (Å²) in [6, 6.07) is 3.64. The minimum Gasteiger partial charge on any atom is -0.229 e. The second-order valence-corrected chi connectivity index (χ2v) is 5.83. The standard InChI is InChI=1S/C9H12N2O2S/c12-14(13)6-2-3-8(7-14)9-4-1-5-10-11-9/h1,4-5,8H,2-3,6-7H2. The summed E-state index contributed by atoms with van der Waals surface area (Å²) in [7, 11) is -2.85. The Morgan fingerprint density at radius 3 is 2.93 bits per heavy atom. The fraction of sp³-hybridized carbons (Fsp3) is 0.556. The molecule has 1 saturated heterocycles. The van der Waals surface area contributed by atoms with Crippen LogP contribution in [0.25, 0.3) is 0 Å². The van der Waals surface area contributed by atoms with Gasteiger partial charge in [-0.15, -0.1) is 0 Å². The van der Waals surface area contributed by atoms with Crippen molar-refractivity contribution in [1.29, 1.82) is 0 Å². The molecule has 0 amide bonds. The van der Waals surface area contributed by atoms with E-state index in [2.05, 4.69) is 10.2 Å². The summed E-state index contributed by atoms with van der Waals surface area (Å²) in [5.74, 6) is 0.595. The molecule has 1 unspecified atom stereocenters. The van der Waals surface area contributed by atoms with Gasteiger partial charge >= 0.3 is 0 Å². The predicted octanol–water partition coefficient (Wildman–Crippen LogP) is 0.769. The molecule has 1 atom stereocenters. The summed E-state index contributed by atoms with van der Waals surface area (Å²) in [6.07, 6.45) is 3.24. The van der Waals surface area contributed by atoms with Gasteiger partial charge in [0.15, 0.2) is 9.84 Å². The molecule has 0 bridgehead atoms. The monoisotopic (exact) mass is 212 g/mol. The van der Waals surface area contributed by atoms with Crippen LogP contribution >= 0.6 is 0 Å². The van der Waals surface area contributed by atoms with E-state index < -0.39 is 9.84 Å². The van der Waals surface area contributed by atoms with Crippen LogP contribution in [0, 0.1) is 0 Å². The first-order chi connectivity index (χ1) is 6.67. The van der Waals surface area contributed by atoms with E-state index in [4.69, 9.17) is 0 Å². The van der Waals surface area contributed by atoms with Gasteiger partial charge in [0.05, 0.1) is 17.2 Å². The molecular weight excluding hydrogens is 200 g/mol. The molecule has 0 radical (unpaired) electrons. The lowest BCUT2D eigenvalue weighted by molar-refractivity contribution is 0.547. The van der Waals surface area contributed by atoms with Gasteiger partial charge < -0.3 is 0 Å². The molecule has 0 aliphatic carbocycles. The third-order valence-electron chi connectivity index (χ3n) is 2.47. The van der Waals surface area contributed by atoms with Crippen LogP contribution in [0.4, 0.5) is 0 Å². The van der Waals surface area contributed by atoms with Crippen LogP contribution in [0.2, 0.25) is 0 Å². The quantitative estimate of drug-likeness (QED) is 0.690. The largest absolute Gasteiger partial charge is 0.229 e. The fourth-order valence-electron chi connectivity index (χ4n) is 1.79. The fourth-order valence-corrected chi connectivity index (χ4v) is 3.51. The predicted molar refractivity (Wildman–Crippen MR) is 52.7 cm³/mol. The van der Waals surface area contributed by atoms with Crippen molar-refractivity contribution in [1.82, 2.24) is 10.2 Å². The van der Waals surface area contributed by atoms with Gasteiger partial charge in [0, 0.05) is 12.1 Å². The Hall–Kier alpha value is -0.970. The van der Waals surface area contributed by atoms with E-state index in [1.807, 2.05) is 6.07 Å². The number of aromatic nitrogens is 2. The Morgan fingerprint density at radius 2 is 2.29 bits per heavy atom. The third kappa shape index (κ3) is 2.09. The second-order valence-electron chi connectivity index (χ2n) is 3.60. The van der Waals surface area contributed by atoms with Crippen LogP contribution in [0.5, 0.6) is 0 Å². The minimum absolute atomic E-state index is 0.0439. The molecule has 1 fully saturated rings. The highest BCUT2D eigenvalue weighted by atomic mass is 32.2. The number of rotatable bonds is 1. The molecule has 0 N–H and O–H groups in total. The van der Waals surface area contributed by atoms with Crippen LogP contribution in [0.1, 0.15) is 24.5 Å². The summed E-state index contributed by atoms with van der Waals surface area (Å²) in [4.78, 5) is 0. The summed E-state index contributed by atoms with van der Waals surface area (Å²) in [5.41, 5.74) is 0.802. The van der Waals surface area contributed by atoms with Crippen molar-refractivity contribution in [2.24, 2.45) is 0 Å². The van der Waals surface area contributed by atoms with Gasteiger partial charge in [0.2, 0.25) is 0 Å². The topological polar surface area (TPSA) is 59.9 Å².